The molecule has 1 amide bonds. The lowest BCUT2D eigenvalue weighted by atomic mass is 9.72. The fourth-order valence-electron chi connectivity index (χ4n) is 4.60. The Morgan fingerprint density at radius 2 is 1.79 bits per heavy atom. The predicted molar refractivity (Wildman–Crippen MR) is 107 cm³/mol. The van der Waals surface area contributed by atoms with E-state index in [4.69, 9.17) is 0 Å². The Balaban J connectivity index is 1.32. The number of carbonyl (C=O) groups is 1. The molecule has 2 aliphatic rings. The molecule has 29 heavy (non-hydrogen) atoms. The highest BCUT2D eigenvalue weighted by Crippen LogP contribution is 2.40. The molecule has 1 spiro atoms. The zero-order valence-corrected chi connectivity index (χ0v) is 16.6. The molecule has 2 fully saturated rings. The molecular formula is C23H27F2N3O. The van der Waals surface area contributed by atoms with E-state index >= 15 is 0 Å². The van der Waals surface area contributed by atoms with E-state index in [1.807, 2.05) is 17.0 Å². The predicted octanol–water partition coefficient (Wildman–Crippen LogP) is 3.81. The first-order valence-electron chi connectivity index (χ1n) is 10.4. The van der Waals surface area contributed by atoms with E-state index in [1.54, 1.807) is 12.4 Å². The van der Waals surface area contributed by atoms with Gasteiger partial charge in [-0.1, -0.05) is 6.07 Å². The Labute approximate surface area is 170 Å². The maximum Gasteiger partial charge on any atom is 0.222 e. The minimum Gasteiger partial charge on any atom is -0.342 e. The van der Waals surface area contributed by atoms with Crippen molar-refractivity contribution in [2.45, 2.75) is 38.6 Å². The van der Waals surface area contributed by atoms with Gasteiger partial charge in [-0.05, 0) is 68.0 Å². The van der Waals surface area contributed by atoms with Gasteiger partial charge < -0.3 is 4.90 Å². The van der Waals surface area contributed by atoms with Crippen LogP contribution in [0.15, 0.2) is 42.7 Å². The number of aromatic nitrogens is 1. The maximum atomic E-state index is 14.0. The Hall–Kier alpha value is -2.34. The van der Waals surface area contributed by atoms with Crippen molar-refractivity contribution in [1.82, 2.24) is 14.8 Å². The van der Waals surface area contributed by atoms with Crippen LogP contribution in [0.4, 0.5) is 8.78 Å². The Morgan fingerprint density at radius 1 is 1.03 bits per heavy atom. The highest BCUT2D eigenvalue weighted by molar-refractivity contribution is 5.77. The molecule has 0 N–H and O–H groups in total. The van der Waals surface area contributed by atoms with E-state index in [2.05, 4.69) is 9.88 Å². The molecule has 3 heterocycles. The number of nitrogens with zero attached hydrogens (tertiary/aromatic N) is 3. The molecule has 154 valence electrons. The second-order valence-corrected chi connectivity index (χ2v) is 8.43. The fraction of sp³-hybridized carbons (Fsp3) is 0.478. The van der Waals surface area contributed by atoms with E-state index in [1.165, 1.54) is 17.7 Å². The molecule has 1 aromatic heterocycles. The Morgan fingerprint density at radius 3 is 2.52 bits per heavy atom. The standard InChI is InChI=1S/C23H27F2N3O/c24-20-2-1-19(21(25)15-20)16-27-13-8-23(9-14-27)7-3-22(29)28(17-23)12-6-18-4-10-26-11-5-18/h1-2,4-5,10-11,15H,3,6-9,12-14,16-17H2. The van der Waals surface area contributed by atoms with Gasteiger partial charge in [-0.3, -0.25) is 14.7 Å². The molecule has 4 nitrogen and oxygen atoms in total. The van der Waals surface area contributed by atoms with Crippen LogP contribution in [0.1, 0.15) is 36.8 Å². The van der Waals surface area contributed by atoms with Gasteiger partial charge in [-0.25, -0.2) is 8.78 Å². The summed E-state index contributed by atoms with van der Waals surface area (Å²) in [7, 11) is 0. The van der Waals surface area contributed by atoms with Gasteiger partial charge >= 0.3 is 0 Å². The summed E-state index contributed by atoms with van der Waals surface area (Å²) in [6.45, 7) is 3.82. The van der Waals surface area contributed by atoms with E-state index in [-0.39, 0.29) is 11.3 Å². The van der Waals surface area contributed by atoms with E-state index in [0.29, 0.717) is 18.5 Å². The topological polar surface area (TPSA) is 36.4 Å². The van der Waals surface area contributed by atoms with Crippen molar-refractivity contribution >= 4 is 5.91 Å². The maximum absolute atomic E-state index is 14.0. The second kappa shape index (κ2) is 8.57. The summed E-state index contributed by atoms with van der Waals surface area (Å²) in [5, 5.41) is 0. The Kier molecular flexibility index (Phi) is 5.90. The number of amides is 1. The highest BCUT2D eigenvalue weighted by atomic mass is 19.1. The lowest BCUT2D eigenvalue weighted by molar-refractivity contribution is -0.139. The van der Waals surface area contributed by atoms with Crippen molar-refractivity contribution in [3.05, 3.63) is 65.5 Å². The molecule has 1 aromatic carbocycles. The third-order valence-corrected chi connectivity index (χ3v) is 6.49. The minimum absolute atomic E-state index is 0.171. The third kappa shape index (κ3) is 4.81. The van der Waals surface area contributed by atoms with Crippen LogP contribution >= 0.6 is 0 Å². The van der Waals surface area contributed by atoms with Gasteiger partial charge in [0.1, 0.15) is 11.6 Å². The zero-order valence-electron chi connectivity index (χ0n) is 16.6. The molecule has 0 unspecified atom stereocenters. The normalized spacial score (nSPS) is 19.7. The molecule has 0 aliphatic carbocycles. The quantitative estimate of drug-likeness (QED) is 0.767. The van der Waals surface area contributed by atoms with Crippen LogP contribution in [-0.4, -0.2) is 46.9 Å². The number of hydrogen-bond donors (Lipinski definition) is 0. The summed E-state index contributed by atoms with van der Waals surface area (Å²) < 4.78 is 27.1. The number of likely N-dealkylation sites (tertiary alicyclic amines) is 2. The molecule has 0 atom stereocenters. The summed E-state index contributed by atoms with van der Waals surface area (Å²) in [5.74, 6) is -0.765. The van der Waals surface area contributed by atoms with Gasteiger partial charge in [-0.15, -0.1) is 0 Å². The van der Waals surface area contributed by atoms with Crippen molar-refractivity contribution in [1.29, 1.82) is 0 Å². The average molecular weight is 399 g/mol. The first-order valence-corrected chi connectivity index (χ1v) is 10.4. The first kappa shape index (κ1) is 20.0. The van der Waals surface area contributed by atoms with Gasteiger partial charge in [0.15, 0.2) is 0 Å². The number of hydrogen-bond acceptors (Lipinski definition) is 3. The number of halogens is 2. The highest BCUT2D eigenvalue weighted by Gasteiger charge is 2.40. The van der Waals surface area contributed by atoms with E-state index in [0.717, 1.165) is 57.9 Å². The zero-order chi connectivity index (χ0) is 20.3. The van der Waals surface area contributed by atoms with Crippen molar-refractivity contribution in [3.63, 3.8) is 0 Å². The molecule has 6 heteroatoms. The smallest absolute Gasteiger partial charge is 0.222 e. The van der Waals surface area contributed by atoms with Crippen LogP contribution in [0, 0.1) is 17.0 Å². The van der Waals surface area contributed by atoms with Crippen molar-refractivity contribution in [2.75, 3.05) is 26.2 Å². The van der Waals surface area contributed by atoms with Gasteiger partial charge in [0.05, 0.1) is 0 Å². The minimum atomic E-state index is -0.539. The molecular weight excluding hydrogens is 372 g/mol. The number of rotatable bonds is 5. The number of pyridine rings is 1. The molecule has 2 aliphatic heterocycles. The van der Waals surface area contributed by atoms with Gasteiger partial charge in [0, 0.05) is 50.1 Å². The van der Waals surface area contributed by atoms with Gasteiger partial charge in [0.25, 0.3) is 0 Å². The van der Waals surface area contributed by atoms with Gasteiger partial charge in [-0.2, -0.15) is 0 Å². The number of benzene rings is 1. The molecule has 0 saturated carbocycles. The van der Waals surface area contributed by atoms with Crippen molar-refractivity contribution in [2.24, 2.45) is 5.41 Å². The molecule has 0 bridgehead atoms. The van der Waals surface area contributed by atoms with Crippen LogP contribution in [0.2, 0.25) is 0 Å². The van der Waals surface area contributed by atoms with Crippen molar-refractivity contribution < 1.29 is 13.6 Å². The first-order chi connectivity index (χ1) is 14.0. The fourth-order valence-corrected chi connectivity index (χ4v) is 4.60. The monoisotopic (exact) mass is 399 g/mol. The van der Waals surface area contributed by atoms with E-state index < -0.39 is 11.6 Å². The van der Waals surface area contributed by atoms with Crippen LogP contribution in [0.25, 0.3) is 0 Å². The summed E-state index contributed by atoms with van der Waals surface area (Å²) in [6, 6.07) is 7.80. The SMILES string of the molecule is O=C1CCC2(CCN(Cc3ccc(F)cc3F)CC2)CN1CCc1ccncc1. The Bertz CT molecular complexity index is 850. The lowest BCUT2D eigenvalue weighted by Crippen LogP contribution is -2.51. The molecule has 2 saturated heterocycles. The molecule has 0 radical (unpaired) electrons. The largest absolute Gasteiger partial charge is 0.342 e. The number of piperidine rings is 2. The summed E-state index contributed by atoms with van der Waals surface area (Å²) >= 11 is 0. The van der Waals surface area contributed by atoms with E-state index in [9.17, 15) is 13.6 Å². The van der Waals surface area contributed by atoms with Crippen LogP contribution in [0.3, 0.4) is 0 Å². The summed E-state index contributed by atoms with van der Waals surface area (Å²) in [5.41, 5.74) is 1.91. The summed E-state index contributed by atoms with van der Waals surface area (Å²) in [6.07, 6.45) is 7.99. The van der Waals surface area contributed by atoms with Crippen molar-refractivity contribution in [3.8, 4) is 0 Å². The summed E-state index contributed by atoms with van der Waals surface area (Å²) in [4.78, 5) is 20.7. The lowest BCUT2D eigenvalue weighted by Gasteiger charge is -2.47. The average Bonchev–Trinajstić information content (AvgIpc) is 2.73. The molecule has 2 aromatic rings. The second-order valence-electron chi connectivity index (χ2n) is 8.43. The van der Waals surface area contributed by atoms with Crippen LogP contribution in [-0.2, 0) is 17.8 Å². The van der Waals surface area contributed by atoms with Gasteiger partial charge in [0.2, 0.25) is 5.91 Å². The number of carbonyl (C=O) groups excluding carboxylic acids is 1. The third-order valence-electron chi connectivity index (χ3n) is 6.49. The molecule has 4 rings (SSSR count). The van der Waals surface area contributed by atoms with Crippen LogP contribution < -0.4 is 0 Å². The van der Waals surface area contributed by atoms with Crippen LogP contribution in [0.5, 0.6) is 0 Å².